The van der Waals surface area contributed by atoms with Crippen molar-refractivity contribution in [1.29, 1.82) is 0 Å². The summed E-state index contributed by atoms with van der Waals surface area (Å²) in [4.78, 5) is 14.5. The van der Waals surface area contributed by atoms with Gasteiger partial charge in [-0.25, -0.2) is 8.78 Å². The Labute approximate surface area is 340 Å². The summed E-state index contributed by atoms with van der Waals surface area (Å²) in [7, 11) is 0.543. The van der Waals surface area contributed by atoms with Crippen molar-refractivity contribution in [1.82, 2.24) is 9.80 Å². The number of anilines is 1. The van der Waals surface area contributed by atoms with Crippen molar-refractivity contribution in [3.63, 3.8) is 0 Å². The van der Waals surface area contributed by atoms with E-state index in [9.17, 15) is 32.3 Å². The molecule has 0 aliphatic carbocycles. The number of carbonyl (C=O) groups is 1. The number of aliphatic hydroxyl groups excluding tert-OH is 1. The van der Waals surface area contributed by atoms with Crippen molar-refractivity contribution >= 4 is 23.4 Å². The fourth-order valence-corrected chi connectivity index (χ4v) is 5.72. The molecule has 1 fully saturated rings. The fraction of sp³-hybridized carbons (Fsp3) is 0.341. The molecular formula is C41H42F5N3O3S. The maximum Gasteiger partial charge on any atom is 0.416 e. The Hall–Kier alpha value is -4.23. The molecule has 6 rings (SSSR count). The minimum Gasteiger partial charge on any atom is -0.384 e. The summed E-state index contributed by atoms with van der Waals surface area (Å²) < 4.78 is 263. The summed E-state index contributed by atoms with van der Waals surface area (Å²) in [6, 6.07) is 0.999. The Bertz CT molecular complexity index is 2880. The molecule has 280 valence electrons. The largest absolute Gasteiger partial charge is 0.416 e. The highest BCUT2D eigenvalue weighted by Crippen LogP contribution is 2.41. The number of alkyl halides is 3. The third kappa shape index (κ3) is 9.29. The number of amides is 1. The molecule has 0 bridgehead atoms. The first-order chi connectivity index (χ1) is 33.5. The highest BCUT2D eigenvalue weighted by atomic mass is 32.2. The predicted octanol–water partition coefficient (Wildman–Crippen LogP) is 8.73. The topological polar surface area (TPSA) is 56.3 Å². The zero-order valence-electron chi connectivity index (χ0n) is 48.5. The average molecular weight is 773 g/mol. The molecule has 1 amide bonds. The summed E-state index contributed by atoms with van der Waals surface area (Å²) in [5, 5.41) is 10.5. The molecule has 0 spiro atoms. The number of piperidine rings is 1. The highest BCUT2D eigenvalue weighted by molar-refractivity contribution is 8.02. The van der Waals surface area contributed by atoms with Crippen molar-refractivity contribution in [3.8, 4) is 11.1 Å². The van der Waals surface area contributed by atoms with Crippen LogP contribution in [0.25, 0.3) is 11.1 Å². The van der Waals surface area contributed by atoms with E-state index in [2.05, 4.69) is 4.74 Å². The van der Waals surface area contributed by atoms with Gasteiger partial charge >= 0.3 is 6.18 Å². The fourth-order valence-electron chi connectivity index (χ4n) is 4.92. The average Bonchev–Trinajstić information content (AvgIpc) is 3.29. The lowest BCUT2D eigenvalue weighted by atomic mass is 9.99. The number of hydrogen-bond donors (Lipinski definition) is 1. The van der Waals surface area contributed by atoms with Gasteiger partial charge in [0, 0.05) is 78.1 Å². The van der Waals surface area contributed by atoms with Gasteiger partial charge in [-0.3, -0.25) is 4.79 Å². The Morgan fingerprint density at radius 2 is 1.75 bits per heavy atom. The number of methoxy groups -OCH3 is 1. The minimum atomic E-state index is -4.75. The Morgan fingerprint density at radius 1 is 1.08 bits per heavy atom. The molecule has 4 aromatic rings. The second kappa shape index (κ2) is 16.8. The van der Waals surface area contributed by atoms with Gasteiger partial charge in [0.05, 0.1) is 29.5 Å². The van der Waals surface area contributed by atoms with Crippen LogP contribution in [0.2, 0.25) is 0 Å². The predicted molar refractivity (Wildman–Crippen MR) is 198 cm³/mol. The number of hydrogen-bond acceptors (Lipinski definition) is 6. The smallest absolute Gasteiger partial charge is 0.384 e. The van der Waals surface area contributed by atoms with Crippen molar-refractivity contribution in [2.24, 2.45) is 0 Å². The molecule has 1 saturated heterocycles. The first kappa shape index (κ1) is 19.9. The molecule has 12 heteroatoms. The van der Waals surface area contributed by atoms with E-state index in [1.165, 1.54) is 0 Å². The molecule has 1 N–H and O–H groups in total. The monoisotopic (exact) mass is 772 g/mol. The number of ether oxygens (including phenoxy) is 1. The number of carbonyl (C=O) groups excluding carboxylic acids is 1. The lowest BCUT2D eigenvalue weighted by Crippen LogP contribution is -2.50. The number of nitrogens with zero attached hydrogens (tertiary/aromatic N) is 3. The van der Waals surface area contributed by atoms with Crippen molar-refractivity contribution < 1.29 is 65.4 Å². The van der Waals surface area contributed by atoms with E-state index in [4.69, 9.17) is 19.2 Å². The molecule has 0 radical (unpaired) electrons. The van der Waals surface area contributed by atoms with Gasteiger partial charge in [0.2, 0.25) is 5.91 Å². The third-order valence-corrected chi connectivity index (χ3v) is 8.33. The molecule has 2 aliphatic heterocycles. The summed E-state index contributed by atoms with van der Waals surface area (Å²) in [5.74, 6) is -5.50. The van der Waals surface area contributed by atoms with Gasteiger partial charge in [-0.1, -0.05) is 66.2 Å². The van der Waals surface area contributed by atoms with Crippen LogP contribution in [0, 0.1) is 18.6 Å². The molecule has 1 unspecified atom stereocenters. The van der Waals surface area contributed by atoms with E-state index in [1.54, 1.807) is 0 Å². The maximum atomic E-state index is 15.6. The van der Waals surface area contributed by atoms with Crippen LogP contribution in [-0.2, 0) is 27.9 Å². The first-order valence-corrected chi connectivity index (χ1v) is 16.2. The van der Waals surface area contributed by atoms with E-state index in [1.807, 2.05) is 0 Å². The zero-order chi connectivity index (χ0) is 56.4. The molecule has 6 nitrogen and oxygen atoms in total. The standard InChI is InChI=1S/C41H42F5N3O3S/c1-27-6-15-36-34(22-27)37(50)23-39(53-26-31-4-3-5-35(42)40(31)43)49(36)25-38(51)48(33-16-18-47(19-17-33)20-21-52-2)24-28-7-9-29(10-8-28)30-11-13-32(14-12-30)41(44,45)46/h3-15,22-23,33,37,50H,16-21,24-26H2,1-2H3/i6D,15D,16D2,17D2,18D2,19D2,20D2,21D2,22D,23D,24D2,26D2,33D. The molecule has 2 heterocycles. The van der Waals surface area contributed by atoms with Gasteiger partial charge in [0.25, 0.3) is 0 Å². The molecule has 53 heavy (non-hydrogen) atoms. The van der Waals surface area contributed by atoms with Crippen LogP contribution in [0.15, 0.2) is 95.9 Å². The van der Waals surface area contributed by atoms with Crippen LogP contribution in [0.5, 0.6) is 0 Å². The minimum absolute atomic E-state index is 0.0518. The van der Waals surface area contributed by atoms with Crippen LogP contribution in [0.3, 0.4) is 0 Å². The Balaban J connectivity index is 1.66. The third-order valence-electron chi connectivity index (χ3n) is 7.47. The number of fused-ring (bicyclic) bond motifs is 1. The normalized spacial score (nSPS) is 28.2. The van der Waals surface area contributed by atoms with E-state index in [0.717, 1.165) is 55.5 Å². The van der Waals surface area contributed by atoms with Crippen molar-refractivity contribution in [2.45, 2.75) is 50.2 Å². The second-order valence-electron chi connectivity index (χ2n) is 11.1. The Morgan fingerprint density at radius 3 is 2.42 bits per heavy atom. The van der Waals surface area contributed by atoms with Gasteiger partial charge in [-0.2, -0.15) is 13.2 Å². The van der Waals surface area contributed by atoms with E-state index in [-0.39, 0.29) is 28.5 Å². The number of benzene rings is 4. The second-order valence-corrected chi connectivity index (χ2v) is 11.9. The van der Waals surface area contributed by atoms with Crippen LogP contribution >= 0.6 is 11.8 Å². The van der Waals surface area contributed by atoms with Gasteiger partial charge in [-0.15, -0.1) is 11.8 Å². The SMILES string of the molecule is [2H]C1=C(SC([2H])([2H])c2cccc(F)c2F)N(CC(=O)N(C([2H])([2H])c2ccc(-c3ccc(C(F)(F)F)cc3)cc2)C2([2H])C([2H])([2H])C([2H])([2H])N(C([2H])([2H])C([2H])([2H])OC)C([2H])([2H])C2([2H])[2H])c2c([2H])c([2H])c(C)c([2H])c2C1O. The van der Waals surface area contributed by atoms with E-state index < -0.39 is 160 Å². The van der Waals surface area contributed by atoms with Gasteiger partial charge in [0.15, 0.2) is 11.6 Å². The zero-order valence-corrected chi connectivity index (χ0v) is 28.4. The number of aliphatic hydroxyl groups is 1. The molecule has 1 atom stereocenters. The van der Waals surface area contributed by atoms with Crippen molar-refractivity contribution in [2.75, 3.05) is 44.6 Å². The summed E-state index contributed by atoms with van der Waals surface area (Å²) in [5.41, 5.74) is -8.05. The van der Waals surface area contributed by atoms with E-state index >= 15 is 9.18 Å². The highest BCUT2D eigenvalue weighted by Gasteiger charge is 2.33. The number of rotatable bonds is 12. The van der Waals surface area contributed by atoms with Gasteiger partial charge < -0.3 is 24.5 Å². The van der Waals surface area contributed by atoms with Crippen LogP contribution in [0.1, 0.15) is 75.5 Å². The Kier molecular flexibility index (Phi) is 6.33. The molecular weight excluding hydrogens is 710 g/mol. The van der Waals surface area contributed by atoms with Crippen LogP contribution in [0.4, 0.5) is 27.6 Å². The molecule has 4 aromatic carbocycles. The van der Waals surface area contributed by atoms with Gasteiger partial charge in [0.1, 0.15) is 12.6 Å². The molecule has 2 aliphatic rings. The molecule has 0 saturated carbocycles. The molecule has 0 aromatic heterocycles. The lowest BCUT2D eigenvalue weighted by Gasteiger charge is -2.40. The van der Waals surface area contributed by atoms with Crippen LogP contribution < -0.4 is 4.90 Å². The number of likely N-dealkylation sites (tertiary alicyclic amines) is 1. The first-order valence-electron chi connectivity index (χ1n) is 25.9. The lowest BCUT2D eigenvalue weighted by molar-refractivity contribution is -0.137. The maximum absolute atomic E-state index is 15.6. The quantitative estimate of drug-likeness (QED) is 0.146. The summed E-state index contributed by atoms with van der Waals surface area (Å²) in [6.07, 6.45) is -16.5. The van der Waals surface area contributed by atoms with E-state index in [0.29, 0.717) is 30.2 Å². The summed E-state index contributed by atoms with van der Waals surface area (Å²) >= 11 is -0.251. The van der Waals surface area contributed by atoms with Crippen molar-refractivity contribution in [3.05, 3.63) is 135 Å². The van der Waals surface area contributed by atoms with Gasteiger partial charge in [-0.05, 0) is 66.7 Å². The number of thioether (sulfide) groups is 1. The van der Waals surface area contributed by atoms with Crippen LogP contribution in [-0.4, -0.2) is 66.5 Å². The number of halogens is 5. The summed E-state index contributed by atoms with van der Waals surface area (Å²) in [6.45, 7) is -21.9.